The highest BCUT2D eigenvalue weighted by molar-refractivity contribution is 5.79. The minimum atomic E-state index is 0.837. The van der Waals surface area contributed by atoms with Gasteiger partial charge in [0.15, 0.2) is 5.96 Å². The molecule has 1 saturated carbocycles. The quantitative estimate of drug-likeness (QED) is 0.637. The van der Waals surface area contributed by atoms with Crippen molar-refractivity contribution in [3.8, 4) is 0 Å². The molecule has 1 aromatic rings. The van der Waals surface area contributed by atoms with Gasteiger partial charge in [-0.2, -0.15) is 0 Å². The first-order valence-electron chi connectivity index (χ1n) is 6.83. The summed E-state index contributed by atoms with van der Waals surface area (Å²) in [5.74, 6) is 1.86. The average Bonchev–Trinajstić information content (AvgIpc) is 3.19. The van der Waals surface area contributed by atoms with Crippen molar-refractivity contribution >= 4 is 5.96 Å². The van der Waals surface area contributed by atoms with Gasteiger partial charge in [0.1, 0.15) is 0 Å². The lowest BCUT2D eigenvalue weighted by atomic mass is 10.2. The van der Waals surface area contributed by atoms with Crippen LogP contribution in [0.5, 0.6) is 0 Å². The Balaban J connectivity index is 1.93. The van der Waals surface area contributed by atoms with Crippen LogP contribution in [0.15, 0.2) is 35.3 Å². The Kier molecular flexibility index (Phi) is 4.62. The molecule has 0 saturated heterocycles. The molecule has 0 aromatic heterocycles. The average molecular weight is 245 g/mol. The van der Waals surface area contributed by atoms with Crippen LogP contribution < -0.4 is 5.32 Å². The fourth-order valence-electron chi connectivity index (χ4n) is 1.92. The number of rotatable bonds is 5. The van der Waals surface area contributed by atoms with E-state index in [1.807, 2.05) is 0 Å². The number of hydrogen-bond donors (Lipinski definition) is 1. The van der Waals surface area contributed by atoms with Crippen molar-refractivity contribution < 1.29 is 0 Å². The number of nitrogens with one attached hydrogen (secondary N) is 1. The Hall–Kier alpha value is -1.51. The third-order valence-corrected chi connectivity index (χ3v) is 3.16. The molecule has 3 heteroatoms. The van der Waals surface area contributed by atoms with Crippen molar-refractivity contribution in [2.75, 3.05) is 20.1 Å². The molecular formula is C15H23N3. The van der Waals surface area contributed by atoms with E-state index in [0.717, 1.165) is 31.5 Å². The van der Waals surface area contributed by atoms with Gasteiger partial charge in [-0.05, 0) is 31.2 Å². The first-order chi connectivity index (χ1) is 8.79. The molecule has 1 fully saturated rings. The lowest BCUT2D eigenvalue weighted by Gasteiger charge is -2.22. The van der Waals surface area contributed by atoms with E-state index in [2.05, 4.69) is 54.5 Å². The summed E-state index contributed by atoms with van der Waals surface area (Å²) in [4.78, 5) is 6.90. The van der Waals surface area contributed by atoms with Crippen molar-refractivity contribution in [3.05, 3.63) is 35.9 Å². The molecule has 0 amide bonds. The Labute approximate surface area is 110 Å². The van der Waals surface area contributed by atoms with Crippen LogP contribution >= 0.6 is 0 Å². The van der Waals surface area contributed by atoms with Gasteiger partial charge in [-0.1, -0.05) is 30.3 Å². The molecule has 1 aliphatic rings. The second-order valence-corrected chi connectivity index (χ2v) is 4.98. The fraction of sp³-hybridized carbons (Fsp3) is 0.533. The van der Waals surface area contributed by atoms with Crippen LogP contribution in [0.4, 0.5) is 0 Å². The third-order valence-electron chi connectivity index (χ3n) is 3.16. The van der Waals surface area contributed by atoms with Crippen molar-refractivity contribution in [2.45, 2.75) is 26.3 Å². The third kappa shape index (κ3) is 4.06. The van der Waals surface area contributed by atoms with Gasteiger partial charge in [-0.25, -0.2) is 0 Å². The SMILES string of the molecule is CCNC(=NCC1CC1)N(C)Cc1ccccc1. The maximum absolute atomic E-state index is 4.70. The van der Waals surface area contributed by atoms with Crippen molar-refractivity contribution in [3.63, 3.8) is 0 Å². The summed E-state index contributed by atoms with van der Waals surface area (Å²) in [7, 11) is 2.10. The van der Waals surface area contributed by atoms with Crippen LogP contribution in [0, 0.1) is 5.92 Å². The Morgan fingerprint density at radius 3 is 2.67 bits per heavy atom. The zero-order chi connectivity index (χ0) is 12.8. The highest BCUT2D eigenvalue weighted by Crippen LogP contribution is 2.28. The fourth-order valence-corrected chi connectivity index (χ4v) is 1.92. The standard InChI is InChI=1S/C15H23N3/c1-3-16-15(17-11-13-9-10-13)18(2)12-14-7-5-4-6-8-14/h4-8,13H,3,9-12H2,1-2H3,(H,16,17). The van der Waals surface area contributed by atoms with E-state index < -0.39 is 0 Å². The van der Waals surface area contributed by atoms with Gasteiger partial charge in [0.25, 0.3) is 0 Å². The predicted molar refractivity (Wildman–Crippen MR) is 76.6 cm³/mol. The first kappa shape index (κ1) is 12.9. The number of hydrogen-bond acceptors (Lipinski definition) is 1. The molecule has 1 aromatic carbocycles. The van der Waals surface area contributed by atoms with Crippen LogP contribution in [0.25, 0.3) is 0 Å². The molecule has 0 radical (unpaired) electrons. The van der Waals surface area contributed by atoms with E-state index in [1.165, 1.54) is 18.4 Å². The molecule has 0 unspecified atom stereocenters. The van der Waals surface area contributed by atoms with E-state index in [1.54, 1.807) is 0 Å². The Morgan fingerprint density at radius 1 is 1.33 bits per heavy atom. The van der Waals surface area contributed by atoms with Gasteiger partial charge in [0, 0.05) is 26.7 Å². The van der Waals surface area contributed by atoms with E-state index in [4.69, 9.17) is 4.99 Å². The topological polar surface area (TPSA) is 27.6 Å². The summed E-state index contributed by atoms with van der Waals surface area (Å²) in [6.07, 6.45) is 2.70. The van der Waals surface area contributed by atoms with Crippen molar-refractivity contribution in [1.29, 1.82) is 0 Å². The molecule has 3 nitrogen and oxygen atoms in total. The van der Waals surface area contributed by atoms with E-state index >= 15 is 0 Å². The molecule has 0 aliphatic heterocycles. The summed E-state index contributed by atoms with van der Waals surface area (Å²) in [5, 5.41) is 3.36. The predicted octanol–water partition coefficient (Wildman–Crippen LogP) is 2.49. The van der Waals surface area contributed by atoms with Crippen LogP contribution in [0.2, 0.25) is 0 Å². The van der Waals surface area contributed by atoms with Gasteiger partial charge in [0.2, 0.25) is 0 Å². The zero-order valence-electron chi connectivity index (χ0n) is 11.4. The molecular weight excluding hydrogens is 222 g/mol. The Bertz CT molecular complexity index is 382. The number of aliphatic imine (C=N–C) groups is 1. The molecule has 2 rings (SSSR count). The summed E-state index contributed by atoms with van der Waals surface area (Å²) < 4.78 is 0. The largest absolute Gasteiger partial charge is 0.357 e. The molecule has 0 spiro atoms. The molecule has 1 N–H and O–H groups in total. The lowest BCUT2D eigenvalue weighted by Crippen LogP contribution is -2.38. The van der Waals surface area contributed by atoms with Gasteiger partial charge < -0.3 is 10.2 Å². The second-order valence-electron chi connectivity index (χ2n) is 4.98. The van der Waals surface area contributed by atoms with Gasteiger partial charge in [0.05, 0.1) is 0 Å². The second kappa shape index (κ2) is 6.43. The Morgan fingerprint density at radius 2 is 2.06 bits per heavy atom. The first-order valence-corrected chi connectivity index (χ1v) is 6.83. The number of guanidine groups is 1. The lowest BCUT2D eigenvalue weighted by molar-refractivity contribution is 0.476. The molecule has 98 valence electrons. The van der Waals surface area contributed by atoms with Crippen molar-refractivity contribution in [2.24, 2.45) is 10.9 Å². The normalized spacial score (nSPS) is 15.6. The van der Waals surface area contributed by atoms with Crippen molar-refractivity contribution in [1.82, 2.24) is 10.2 Å². The van der Waals surface area contributed by atoms with Gasteiger partial charge in [-0.15, -0.1) is 0 Å². The van der Waals surface area contributed by atoms with Gasteiger partial charge in [-0.3, -0.25) is 4.99 Å². The van der Waals surface area contributed by atoms with Crippen LogP contribution in [0.3, 0.4) is 0 Å². The number of nitrogens with zero attached hydrogens (tertiary/aromatic N) is 2. The summed E-state index contributed by atoms with van der Waals surface area (Å²) >= 11 is 0. The maximum Gasteiger partial charge on any atom is 0.193 e. The van der Waals surface area contributed by atoms with Crippen LogP contribution in [0.1, 0.15) is 25.3 Å². The zero-order valence-corrected chi connectivity index (χ0v) is 11.4. The monoisotopic (exact) mass is 245 g/mol. The highest BCUT2D eigenvalue weighted by atomic mass is 15.3. The van der Waals surface area contributed by atoms with E-state index in [9.17, 15) is 0 Å². The summed E-state index contributed by atoms with van der Waals surface area (Å²) in [6.45, 7) is 4.91. The minimum Gasteiger partial charge on any atom is -0.357 e. The minimum absolute atomic E-state index is 0.837. The summed E-state index contributed by atoms with van der Waals surface area (Å²) in [6, 6.07) is 10.5. The smallest absolute Gasteiger partial charge is 0.193 e. The highest BCUT2D eigenvalue weighted by Gasteiger charge is 2.21. The summed E-state index contributed by atoms with van der Waals surface area (Å²) in [5.41, 5.74) is 1.32. The van der Waals surface area contributed by atoms with Gasteiger partial charge >= 0.3 is 0 Å². The molecule has 1 aliphatic carbocycles. The molecule has 0 atom stereocenters. The van der Waals surface area contributed by atoms with Crippen LogP contribution in [-0.4, -0.2) is 31.0 Å². The van der Waals surface area contributed by atoms with E-state index in [0.29, 0.717) is 0 Å². The molecule has 0 heterocycles. The molecule has 0 bridgehead atoms. The number of benzene rings is 1. The maximum atomic E-state index is 4.70. The van der Waals surface area contributed by atoms with E-state index in [-0.39, 0.29) is 0 Å². The van der Waals surface area contributed by atoms with Crippen LogP contribution in [-0.2, 0) is 6.54 Å². The molecule has 18 heavy (non-hydrogen) atoms.